The van der Waals surface area contributed by atoms with Crippen molar-refractivity contribution in [1.29, 1.82) is 0 Å². The molecule has 3 aliphatic rings. The SMILES string of the molecule is C#CCCCC(=O)Nc1ccc(O[C@@H]2OC(CO)[C@@H](O[C@H]3OC(CO)[C@@H](O[C@H]4OC(CO)[C@@H](O)[C@H](O)C4O)[C@H](O)C3O)[C@H](O)C2O)c(C(F)F)c1. The Balaban J connectivity index is 1.43. The van der Waals surface area contributed by atoms with Crippen LogP contribution in [-0.2, 0) is 28.5 Å². The number of rotatable bonds is 14. The smallest absolute Gasteiger partial charge is 0.267 e. The van der Waals surface area contributed by atoms with Crippen molar-refractivity contribution in [2.75, 3.05) is 25.1 Å². The number of halogens is 2. The van der Waals surface area contributed by atoms with Crippen LogP contribution in [0.15, 0.2) is 18.2 Å². The highest BCUT2D eigenvalue weighted by Gasteiger charge is 2.53. The number of aliphatic hydroxyl groups is 10. The molecule has 3 heterocycles. The van der Waals surface area contributed by atoms with E-state index in [0.717, 1.165) is 12.1 Å². The van der Waals surface area contributed by atoms with Gasteiger partial charge in [-0.1, -0.05) is 0 Å². The van der Waals surface area contributed by atoms with Gasteiger partial charge >= 0.3 is 0 Å². The van der Waals surface area contributed by atoms with Crippen LogP contribution in [0.4, 0.5) is 14.5 Å². The summed E-state index contributed by atoms with van der Waals surface area (Å²) in [6, 6.07) is 3.27. The Morgan fingerprint density at radius 2 is 1.27 bits per heavy atom. The van der Waals surface area contributed by atoms with Gasteiger partial charge in [0.15, 0.2) is 12.6 Å². The molecule has 0 radical (unpaired) electrons. The van der Waals surface area contributed by atoms with E-state index in [1.54, 1.807) is 0 Å². The predicted molar refractivity (Wildman–Crippen MR) is 162 cm³/mol. The fraction of sp³-hybridized carbons (Fsp3) is 0.710. The summed E-state index contributed by atoms with van der Waals surface area (Å²) in [5, 5.41) is 106. The summed E-state index contributed by atoms with van der Waals surface area (Å²) in [7, 11) is 0. The standard InChI is InChI=1S/C31H43F2NO17/c1-2-3-4-5-18(38)34-12-6-7-14(13(8-12)28(32)33)46-29-24(44)21(41)26(16(10-36)48-29)51-31-25(45)22(42)27(17(11-37)49-31)50-30-23(43)20(40)19(39)15(9-35)47-30/h1,6-8,15-17,19-31,35-37,39-45H,3-5,9-11H2,(H,34,38)/t15?,16?,17?,19-,20+,21-,22-,23?,24?,25?,26-,27-,29-,30-,31-/m1/s1. The molecular weight excluding hydrogens is 696 g/mol. The molecule has 0 bridgehead atoms. The molecule has 18 nitrogen and oxygen atoms in total. The van der Waals surface area contributed by atoms with Crippen molar-refractivity contribution in [3.63, 3.8) is 0 Å². The lowest BCUT2D eigenvalue weighted by atomic mass is 9.96. The van der Waals surface area contributed by atoms with Gasteiger partial charge in [-0.15, -0.1) is 12.3 Å². The Labute approximate surface area is 289 Å². The molecule has 11 N–H and O–H groups in total. The molecule has 0 spiro atoms. The van der Waals surface area contributed by atoms with Crippen molar-refractivity contribution in [2.24, 2.45) is 0 Å². The average Bonchev–Trinajstić information content (AvgIpc) is 3.11. The highest BCUT2D eigenvalue weighted by Crippen LogP contribution is 2.36. The second-order valence-electron chi connectivity index (χ2n) is 12.1. The Morgan fingerprint density at radius 3 is 1.80 bits per heavy atom. The lowest BCUT2D eigenvalue weighted by Crippen LogP contribution is -2.66. The molecule has 0 saturated carbocycles. The van der Waals surface area contributed by atoms with E-state index < -0.39 is 136 Å². The molecule has 4 rings (SSSR count). The van der Waals surface area contributed by atoms with Gasteiger partial charge in [0.05, 0.1) is 25.4 Å². The third kappa shape index (κ3) is 9.46. The number of aliphatic hydroxyl groups excluding tert-OH is 10. The minimum absolute atomic E-state index is 0.0189. The topological polar surface area (TPSA) is 287 Å². The number of hydrogen-bond donors (Lipinski definition) is 11. The molecule has 20 heteroatoms. The third-order valence-corrected chi connectivity index (χ3v) is 8.57. The van der Waals surface area contributed by atoms with Gasteiger partial charge in [-0.3, -0.25) is 4.79 Å². The van der Waals surface area contributed by atoms with Gasteiger partial charge in [0, 0.05) is 18.5 Å². The van der Waals surface area contributed by atoms with E-state index in [0.29, 0.717) is 12.8 Å². The van der Waals surface area contributed by atoms with Crippen molar-refractivity contribution in [3.8, 4) is 18.1 Å². The summed E-state index contributed by atoms with van der Waals surface area (Å²) in [5.41, 5.74) is -0.686. The van der Waals surface area contributed by atoms with Crippen LogP contribution in [0.1, 0.15) is 31.3 Å². The zero-order valence-corrected chi connectivity index (χ0v) is 26.9. The van der Waals surface area contributed by atoms with Crippen molar-refractivity contribution in [3.05, 3.63) is 23.8 Å². The summed E-state index contributed by atoms with van der Waals surface area (Å²) >= 11 is 0. The van der Waals surface area contributed by atoms with E-state index in [1.807, 2.05) is 0 Å². The largest absolute Gasteiger partial charge is 0.461 e. The van der Waals surface area contributed by atoms with Crippen LogP contribution in [0.3, 0.4) is 0 Å². The number of alkyl halides is 2. The highest BCUT2D eigenvalue weighted by atomic mass is 19.3. The lowest BCUT2D eigenvalue weighted by Gasteiger charge is -2.48. The van der Waals surface area contributed by atoms with E-state index in [4.69, 9.17) is 34.8 Å². The maximum absolute atomic E-state index is 14.0. The number of benzene rings is 1. The molecule has 3 fully saturated rings. The number of ether oxygens (including phenoxy) is 6. The number of amides is 1. The average molecular weight is 740 g/mol. The first-order valence-electron chi connectivity index (χ1n) is 15.9. The highest BCUT2D eigenvalue weighted by molar-refractivity contribution is 5.90. The van der Waals surface area contributed by atoms with Gasteiger partial charge in [0.1, 0.15) is 79.0 Å². The van der Waals surface area contributed by atoms with E-state index in [2.05, 4.69) is 11.2 Å². The summed E-state index contributed by atoms with van der Waals surface area (Å²) in [5.74, 6) is 1.42. The van der Waals surface area contributed by atoms with Gasteiger partial charge in [0.25, 0.3) is 6.43 Å². The van der Waals surface area contributed by atoms with Crippen LogP contribution in [0.2, 0.25) is 0 Å². The lowest BCUT2D eigenvalue weighted by molar-refractivity contribution is -0.376. The first kappa shape index (κ1) is 41.1. The van der Waals surface area contributed by atoms with Crippen LogP contribution in [0.5, 0.6) is 5.75 Å². The van der Waals surface area contributed by atoms with Crippen molar-refractivity contribution < 1.29 is 93.1 Å². The molecule has 1 aromatic carbocycles. The second-order valence-corrected chi connectivity index (χ2v) is 12.1. The fourth-order valence-electron chi connectivity index (χ4n) is 5.74. The summed E-state index contributed by atoms with van der Waals surface area (Å²) < 4.78 is 60.9. The first-order chi connectivity index (χ1) is 24.3. The molecule has 1 aromatic rings. The second kappa shape index (κ2) is 18.4. The molecule has 51 heavy (non-hydrogen) atoms. The van der Waals surface area contributed by atoms with Crippen molar-refractivity contribution in [1.82, 2.24) is 0 Å². The van der Waals surface area contributed by atoms with Crippen molar-refractivity contribution in [2.45, 2.75) is 118 Å². The summed E-state index contributed by atoms with van der Waals surface area (Å²) in [6.45, 7) is -2.61. The number of anilines is 1. The molecule has 6 unspecified atom stereocenters. The Morgan fingerprint density at radius 1 is 0.765 bits per heavy atom. The van der Waals surface area contributed by atoms with E-state index >= 15 is 0 Å². The fourth-order valence-corrected chi connectivity index (χ4v) is 5.74. The van der Waals surface area contributed by atoms with Gasteiger partial charge < -0.3 is 84.8 Å². The number of terminal acetylenes is 1. The third-order valence-electron chi connectivity index (χ3n) is 8.57. The molecule has 1 amide bonds. The number of unbranched alkanes of at least 4 members (excludes halogenated alkanes) is 1. The summed E-state index contributed by atoms with van der Waals surface area (Å²) in [4.78, 5) is 12.1. The molecule has 288 valence electrons. The van der Waals surface area contributed by atoms with Gasteiger partial charge in [0.2, 0.25) is 12.2 Å². The number of carbonyl (C=O) groups excluding carboxylic acids is 1. The Bertz CT molecular complexity index is 1320. The number of carbonyl (C=O) groups is 1. The van der Waals surface area contributed by atoms with Gasteiger partial charge in [-0.05, 0) is 24.6 Å². The number of hydrogen-bond acceptors (Lipinski definition) is 17. The van der Waals surface area contributed by atoms with Gasteiger partial charge in [-0.2, -0.15) is 0 Å². The van der Waals surface area contributed by atoms with Gasteiger partial charge in [-0.25, -0.2) is 8.78 Å². The van der Waals surface area contributed by atoms with E-state index in [1.165, 1.54) is 6.07 Å². The molecular formula is C31H43F2NO17. The zero-order valence-electron chi connectivity index (χ0n) is 26.9. The molecule has 0 aromatic heterocycles. The summed E-state index contributed by atoms with van der Waals surface area (Å²) in [6.07, 6.45) is -24.1. The maximum atomic E-state index is 14.0. The van der Waals surface area contributed by atoms with E-state index in [9.17, 15) is 64.6 Å². The minimum Gasteiger partial charge on any atom is -0.461 e. The monoisotopic (exact) mass is 739 g/mol. The Hall–Kier alpha value is -2.69. The van der Waals surface area contributed by atoms with E-state index in [-0.39, 0.29) is 12.1 Å². The maximum Gasteiger partial charge on any atom is 0.267 e. The first-order valence-corrected chi connectivity index (χ1v) is 15.9. The predicted octanol–water partition coefficient (Wildman–Crippen LogP) is -3.81. The van der Waals surface area contributed by atoms with Crippen LogP contribution in [0, 0.1) is 12.3 Å². The van der Waals surface area contributed by atoms with Crippen molar-refractivity contribution >= 4 is 11.6 Å². The zero-order chi connectivity index (χ0) is 37.6. The minimum atomic E-state index is -3.13. The van der Waals surface area contributed by atoms with Crippen LogP contribution >= 0.6 is 0 Å². The van der Waals surface area contributed by atoms with Crippen LogP contribution in [0.25, 0.3) is 0 Å². The normalized spacial score (nSPS) is 38.6. The van der Waals surface area contributed by atoms with Crippen LogP contribution in [-0.4, -0.2) is 169 Å². The molecule has 15 atom stereocenters. The van der Waals surface area contributed by atoms with Crippen LogP contribution < -0.4 is 10.1 Å². The molecule has 0 aliphatic carbocycles. The molecule has 3 saturated heterocycles. The number of nitrogens with one attached hydrogen (secondary N) is 1. The quantitative estimate of drug-likeness (QED) is 0.0644. The molecule has 3 aliphatic heterocycles. The Kier molecular flexibility index (Phi) is 14.8.